The van der Waals surface area contributed by atoms with Crippen LogP contribution >= 0.6 is 0 Å². The number of nitrogens with zero attached hydrogens (tertiary/aromatic N) is 4. The molecule has 506 valence electrons. The topological polar surface area (TPSA) is 396 Å². The molecule has 4 aliphatic heterocycles. The van der Waals surface area contributed by atoms with Gasteiger partial charge in [-0.25, -0.2) is 19.6 Å². The van der Waals surface area contributed by atoms with Crippen molar-refractivity contribution in [2.24, 2.45) is 0 Å². The Morgan fingerprint density at radius 3 is 1.53 bits per heavy atom. The largest absolute Gasteiger partial charge is 0.469 e. The normalized spacial score (nSPS) is 19.8. The van der Waals surface area contributed by atoms with E-state index in [0.29, 0.717) is 83.8 Å². The van der Waals surface area contributed by atoms with E-state index in [4.69, 9.17) is 57.3 Å². The molecule has 9 heterocycles. The highest BCUT2D eigenvalue weighted by Crippen LogP contribution is 2.40. The maximum Gasteiger partial charge on any atom is 0.330 e. The fourth-order valence-corrected chi connectivity index (χ4v) is 11.9. The van der Waals surface area contributed by atoms with Gasteiger partial charge in [-0.15, -0.1) is 0 Å². The van der Waals surface area contributed by atoms with Crippen LogP contribution in [0.25, 0.3) is 56.0 Å². The summed E-state index contributed by atoms with van der Waals surface area (Å²) in [6.45, 7) is 17.3. The molecule has 30 heteroatoms. The zero-order valence-electron chi connectivity index (χ0n) is 54.5. The number of carbonyl (C=O) groups excluding carboxylic acids is 8. The third-order valence-electron chi connectivity index (χ3n) is 16.4. The fourth-order valence-electron chi connectivity index (χ4n) is 11.9. The smallest absolute Gasteiger partial charge is 0.330 e. The maximum absolute atomic E-state index is 14.3. The summed E-state index contributed by atoms with van der Waals surface area (Å²) in [5.74, 6) is -5.71. The first-order chi connectivity index (χ1) is 45.5. The molecule has 4 N–H and O–H groups in total. The zero-order valence-corrected chi connectivity index (χ0v) is 54.5. The van der Waals surface area contributed by atoms with E-state index in [1.807, 2.05) is 19.9 Å². The van der Waals surface area contributed by atoms with Gasteiger partial charge >= 0.3 is 59.1 Å². The number of rotatable bonds is 20. The Morgan fingerprint density at radius 1 is 0.531 bits per heavy atom. The third kappa shape index (κ3) is 14.9. The average Bonchev–Trinajstić information content (AvgIpc) is 1.60. The molecular formula is C66H70N8O22. The number of carbonyl (C=O) groups is 8. The van der Waals surface area contributed by atoms with Crippen molar-refractivity contribution in [1.29, 1.82) is 0 Å². The highest BCUT2D eigenvalue weighted by atomic mass is 16.7. The van der Waals surface area contributed by atoms with Crippen molar-refractivity contribution in [3.05, 3.63) is 147 Å². The van der Waals surface area contributed by atoms with E-state index in [9.17, 15) is 57.5 Å². The first kappa shape index (κ1) is 69.5. The molecule has 2 fully saturated rings. The van der Waals surface area contributed by atoms with Crippen molar-refractivity contribution in [2.75, 3.05) is 27.4 Å². The first-order valence-electron chi connectivity index (χ1n) is 30.1. The van der Waals surface area contributed by atoms with Crippen LogP contribution in [0.15, 0.2) is 68.5 Å². The van der Waals surface area contributed by atoms with Gasteiger partial charge in [0, 0.05) is 100.0 Å². The molecule has 5 aromatic heterocycles. The minimum atomic E-state index is -1.59. The maximum atomic E-state index is 14.3. The number of allylic oxidation sites excluding steroid dienone is 5. The van der Waals surface area contributed by atoms with Crippen molar-refractivity contribution in [3.63, 3.8) is 0 Å². The van der Waals surface area contributed by atoms with Crippen LogP contribution in [0.2, 0.25) is 0 Å². The number of hydrogen-bond acceptors (Lipinski definition) is 24. The molecule has 5 aromatic rings. The summed E-state index contributed by atoms with van der Waals surface area (Å²) in [5, 5.41) is 0. The van der Waals surface area contributed by atoms with Gasteiger partial charge in [-0.05, 0) is 110 Å². The lowest BCUT2D eigenvalue weighted by molar-refractivity contribution is -0.166. The molecule has 8 bridgehead atoms. The Morgan fingerprint density at radius 2 is 0.990 bits per heavy atom. The summed E-state index contributed by atoms with van der Waals surface area (Å²) in [6, 6.07) is 7.00. The van der Waals surface area contributed by atoms with Crippen molar-refractivity contribution >= 4 is 104 Å². The Labute approximate surface area is 545 Å². The Bertz CT molecular complexity index is 4610. The number of H-pyrrole nitrogens is 4. The minimum absolute atomic E-state index is 0.00790. The van der Waals surface area contributed by atoms with Crippen molar-refractivity contribution in [2.45, 2.75) is 144 Å². The summed E-state index contributed by atoms with van der Waals surface area (Å²) in [6.07, 6.45) is -5.87. The molecule has 0 unspecified atom stereocenters. The van der Waals surface area contributed by atoms with Crippen LogP contribution in [0.5, 0.6) is 0 Å². The van der Waals surface area contributed by atoms with Crippen molar-refractivity contribution in [3.8, 4) is 0 Å². The van der Waals surface area contributed by atoms with Crippen LogP contribution in [0.4, 0.5) is 0 Å². The van der Waals surface area contributed by atoms with Gasteiger partial charge in [0.15, 0.2) is 36.9 Å². The molecule has 8 atom stereocenters. The van der Waals surface area contributed by atoms with Crippen LogP contribution in [-0.2, 0) is 92.1 Å². The van der Waals surface area contributed by atoms with Gasteiger partial charge in [0.25, 0.3) is 11.1 Å². The highest BCUT2D eigenvalue weighted by molar-refractivity contribution is 6.01. The van der Waals surface area contributed by atoms with Gasteiger partial charge < -0.3 is 57.3 Å². The van der Waals surface area contributed by atoms with Crippen LogP contribution in [0.3, 0.4) is 0 Å². The average molecular weight is 1330 g/mol. The molecule has 0 aromatic carbocycles. The third-order valence-corrected chi connectivity index (χ3v) is 16.4. The summed E-state index contributed by atoms with van der Waals surface area (Å²) in [5.41, 5.74) is 3.68. The molecule has 9 rings (SSSR count). The summed E-state index contributed by atoms with van der Waals surface area (Å²) < 4.78 is 56.9. The van der Waals surface area contributed by atoms with E-state index in [2.05, 4.69) is 26.5 Å². The number of nitrogens with one attached hydrogen (secondary N) is 4. The summed E-state index contributed by atoms with van der Waals surface area (Å²) >= 11 is 0. The lowest BCUT2D eigenvalue weighted by Crippen LogP contribution is -2.42. The van der Waals surface area contributed by atoms with Gasteiger partial charge in [0.05, 0.1) is 48.1 Å². The Hall–Kier alpha value is -10.9. The number of fused-ring (bicyclic) bond motifs is 8. The zero-order chi connectivity index (χ0) is 69.9. The molecule has 96 heavy (non-hydrogen) atoms. The lowest BCUT2D eigenvalue weighted by atomic mass is 9.97. The van der Waals surface area contributed by atoms with Gasteiger partial charge in [-0.3, -0.25) is 67.0 Å². The van der Waals surface area contributed by atoms with Gasteiger partial charge in [-0.1, -0.05) is 12.7 Å². The molecular weight excluding hydrogens is 1260 g/mol. The second-order valence-corrected chi connectivity index (χ2v) is 22.9. The number of aromatic amines is 4. The molecule has 0 saturated carbocycles. The van der Waals surface area contributed by atoms with Gasteiger partial charge in [0.1, 0.15) is 25.4 Å². The van der Waals surface area contributed by atoms with E-state index < -0.39 is 133 Å². The summed E-state index contributed by atoms with van der Waals surface area (Å²) in [7, 11) is 2.57. The van der Waals surface area contributed by atoms with Crippen LogP contribution in [-0.4, -0.2) is 151 Å². The van der Waals surface area contributed by atoms with Crippen LogP contribution in [0.1, 0.15) is 143 Å². The van der Waals surface area contributed by atoms with E-state index >= 15 is 0 Å². The van der Waals surface area contributed by atoms with Crippen LogP contribution < -0.4 is 22.5 Å². The predicted octanol–water partition coefficient (Wildman–Crippen LogP) is 4.97. The Kier molecular flexibility index (Phi) is 20.8. The summed E-state index contributed by atoms with van der Waals surface area (Å²) in [4.78, 5) is 177. The van der Waals surface area contributed by atoms with E-state index in [1.54, 1.807) is 38.1 Å². The molecule has 0 amide bonds. The number of ether oxygens (including phenoxy) is 10. The number of aromatic nitrogens is 8. The molecule has 0 aliphatic carbocycles. The van der Waals surface area contributed by atoms with Crippen molar-refractivity contribution < 1.29 is 85.7 Å². The predicted molar refractivity (Wildman–Crippen MR) is 340 cm³/mol. The first-order valence-corrected chi connectivity index (χ1v) is 30.1. The van der Waals surface area contributed by atoms with E-state index in [0.717, 1.165) is 68.6 Å². The van der Waals surface area contributed by atoms with E-state index in [-0.39, 0.29) is 42.4 Å². The SMILES string of the molecule is C=C(c1cn([C@@H]2O[C@H](COC(C)=O)[C@@H](OC(C)=O)[C@H]2OC(C)=O)c(=O)[nH]c1=O)c1c(C)c2cc3nc(cc4[nH]c(cc5nc(cc1[nH]2)C(C)=C5/C=C/c1cn([C@@H]2O[C@H](COC(C)=O)[C@@H](OC(C)=O)[C@H]2OC(C)=O)c(=O)[nH]c1=O)c(C)c4CCC(=O)OC)C(CCC(=O)OC)=C3C. The number of esters is 8. The molecule has 0 spiro atoms. The highest BCUT2D eigenvalue weighted by Gasteiger charge is 2.52. The number of hydrogen-bond donors (Lipinski definition) is 4. The standard InChI is InChI=1S/C66H70N8O22/c1-28-40(15-14-39-24-73(65(85)71-61(39)83)63-59(93-37(10)79)57(91-35(8)77)52(95-63)26-89-33(6)75)48-21-45-30(3)42(17-19-55(82)88-13)50(68-45)23-49-41(16-18-54(81)87-12)29(2)44(67-49)20-47-32(5)56(51(70-47)22-46(28)69-48)31(4)43-25-74(66(86)72-62(43)84)64-60(94-38(11)80)58(92-36(9)78)53(96-64)27-90-34(7)76/h14-15,20-25,52-53,57-60,63-64,68,70H,4,16-19,26-27H2,1-3,5-13H3,(H,71,83,85)(H,72,84,86)/b15-14+,44-20?,45-21?,46-22?,47-20?,48-21?,49-23?,50-23?,51-22?/t52-,53-,57-,58-,59-,60-,63-,64-/m1/s1. The van der Waals surface area contributed by atoms with Crippen molar-refractivity contribution in [1.82, 2.24) is 39.0 Å². The number of methoxy groups -OCH3 is 2. The molecule has 2 saturated heterocycles. The second-order valence-electron chi connectivity index (χ2n) is 22.9. The minimum Gasteiger partial charge on any atom is -0.469 e. The van der Waals surface area contributed by atoms with E-state index in [1.165, 1.54) is 20.3 Å². The monoisotopic (exact) mass is 1330 g/mol. The van der Waals surface area contributed by atoms with Gasteiger partial charge in [-0.2, -0.15) is 0 Å². The van der Waals surface area contributed by atoms with Gasteiger partial charge in [0.2, 0.25) is 0 Å². The quantitative estimate of drug-likeness (QED) is 0.0590. The van der Waals surface area contributed by atoms with Crippen LogP contribution in [0, 0.1) is 13.8 Å². The molecule has 0 radical (unpaired) electrons. The number of aryl methyl sites for hydroxylation is 3. The fraction of sp³-hybridized carbons (Fsp3) is 0.394. The second kappa shape index (κ2) is 28.8. The Balaban J connectivity index is 1.28. The lowest BCUT2D eigenvalue weighted by Gasteiger charge is -2.24. The molecule has 30 nitrogen and oxygen atoms in total. The molecule has 4 aliphatic rings.